The van der Waals surface area contributed by atoms with Crippen molar-refractivity contribution in [3.63, 3.8) is 0 Å². The predicted molar refractivity (Wildman–Crippen MR) is 91.4 cm³/mol. The summed E-state index contributed by atoms with van der Waals surface area (Å²) in [5.41, 5.74) is 0. The van der Waals surface area contributed by atoms with Gasteiger partial charge < -0.3 is 10.2 Å². The number of rotatable bonds is 4. The van der Waals surface area contributed by atoms with Gasteiger partial charge in [-0.15, -0.1) is 0 Å². The van der Waals surface area contributed by atoms with E-state index in [0.717, 1.165) is 51.4 Å². The van der Waals surface area contributed by atoms with Gasteiger partial charge in [0.05, 0.1) is 12.2 Å². The summed E-state index contributed by atoms with van der Waals surface area (Å²) in [5, 5.41) is 20.7. The molecule has 136 valence electrons. The Bertz CT molecular complexity index is 409. The van der Waals surface area contributed by atoms with E-state index in [-0.39, 0.29) is 29.8 Å². The molecule has 0 bridgehead atoms. The van der Waals surface area contributed by atoms with Crippen LogP contribution in [0, 0.1) is 23.7 Å². The van der Waals surface area contributed by atoms with Gasteiger partial charge in [-0.1, -0.05) is 38.5 Å². The number of Topliss-reactive ketones (excluding diaryl/α,β-unsaturated/α-hetero) is 2. The largest absolute Gasteiger partial charge is 0.392 e. The Hall–Kier alpha value is -0.740. The summed E-state index contributed by atoms with van der Waals surface area (Å²) in [4.78, 5) is 25.7. The van der Waals surface area contributed by atoms with Gasteiger partial charge in [-0.3, -0.25) is 9.59 Å². The van der Waals surface area contributed by atoms with E-state index in [1.807, 2.05) is 0 Å². The minimum Gasteiger partial charge on any atom is -0.392 e. The zero-order chi connectivity index (χ0) is 17.1. The van der Waals surface area contributed by atoms with Gasteiger partial charge in [0, 0.05) is 30.1 Å². The van der Waals surface area contributed by atoms with Crippen molar-refractivity contribution in [2.24, 2.45) is 23.7 Å². The van der Waals surface area contributed by atoms with Crippen LogP contribution < -0.4 is 0 Å². The highest BCUT2D eigenvalue weighted by Crippen LogP contribution is 2.38. The first-order valence-corrected chi connectivity index (χ1v) is 10.0. The fraction of sp³-hybridized carbons (Fsp3) is 0.900. The fourth-order valence-corrected chi connectivity index (χ4v) is 5.15. The minimum absolute atomic E-state index is 0.0547. The lowest BCUT2D eigenvalue weighted by atomic mass is 9.67. The molecule has 0 saturated heterocycles. The van der Waals surface area contributed by atoms with Crippen LogP contribution in [-0.2, 0) is 9.59 Å². The van der Waals surface area contributed by atoms with Crippen LogP contribution in [0.25, 0.3) is 0 Å². The van der Waals surface area contributed by atoms with Crippen LogP contribution in [-0.4, -0.2) is 34.0 Å². The normalized spacial score (nSPS) is 36.4. The van der Waals surface area contributed by atoms with Crippen LogP contribution >= 0.6 is 0 Å². The van der Waals surface area contributed by atoms with Crippen LogP contribution in [0.4, 0.5) is 0 Å². The molecule has 3 aliphatic rings. The van der Waals surface area contributed by atoms with Gasteiger partial charge in [0.15, 0.2) is 0 Å². The van der Waals surface area contributed by atoms with E-state index in [4.69, 9.17) is 0 Å². The van der Waals surface area contributed by atoms with Gasteiger partial charge in [-0.2, -0.15) is 0 Å². The molecular weight excluding hydrogens is 304 g/mol. The molecule has 0 heterocycles. The van der Waals surface area contributed by atoms with E-state index in [0.29, 0.717) is 6.42 Å². The molecule has 3 saturated carbocycles. The molecule has 0 aromatic rings. The van der Waals surface area contributed by atoms with Gasteiger partial charge in [-0.05, 0) is 32.1 Å². The van der Waals surface area contributed by atoms with Crippen molar-refractivity contribution in [3.8, 4) is 0 Å². The van der Waals surface area contributed by atoms with Crippen LogP contribution in [0.1, 0.15) is 77.0 Å². The Morgan fingerprint density at radius 1 is 0.583 bits per heavy atom. The zero-order valence-electron chi connectivity index (χ0n) is 14.7. The first-order valence-electron chi connectivity index (χ1n) is 10.0. The highest BCUT2D eigenvalue weighted by molar-refractivity contribution is 5.87. The second-order valence-corrected chi connectivity index (χ2v) is 8.29. The summed E-state index contributed by atoms with van der Waals surface area (Å²) in [7, 11) is 0. The first-order chi connectivity index (χ1) is 11.6. The molecule has 4 atom stereocenters. The van der Waals surface area contributed by atoms with Crippen molar-refractivity contribution in [3.05, 3.63) is 0 Å². The fourth-order valence-electron chi connectivity index (χ4n) is 5.15. The molecule has 0 spiro atoms. The van der Waals surface area contributed by atoms with E-state index in [9.17, 15) is 19.8 Å². The highest BCUT2D eigenvalue weighted by Gasteiger charge is 2.45. The highest BCUT2D eigenvalue weighted by atomic mass is 16.3. The average molecular weight is 336 g/mol. The molecule has 0 aliphatic heterocycles. The Labute approximate surface area is 145 Å². The monoisotopic (exact) mass is 336 g/mol. The number of aliphatic hydroxyl groups excluding tert-OH is 2. The number of hydrogen-bond donors (Lipinski definition) is 2. The van der Waals surface area contributed by atoms with Crippen molar-refractivity contribution in [2.45, 2.75) is 89.3 Å². The molecule has 2 N–H and O–H groups in total. The zero-order valence-corrected chi connectivity index (χ0v) is 14.7. The maximum absolute atomic E-state index is 12.9. The van der Waals surface area contributed by atoms with Crippen LogP contribution in [0.15, 0.2) is 0 Å². The SMILES string of the molecule is O=C(C1CCCCC1)C1CC(C(=O)C2CCCCC2)C(O)CC1O. The molecule has 4 heteroatoms. The summed E-state index contributed by atoms with van der Waals surface area (Å²) in [5.74, 6) is -0.493. The molecule has 3 aliphatic carbocycles. The maximum Gasteiger partial charge on any atom is 0.141 e. The third kappa shape index (κ3) is 3.91. The molecule has 4 nitrogen and oxygen atoms in total. The first kappa shape index (κ1) is 18.1. The van der Waals surface area contributed by atoms with Crippen molar-refractivity contribution < 1.29 is 19.8 Å². The molecule has 24 heavy (non-hydrogen) atoms. The van der Waals surface area contributed by atoms with Gasteiger partial charge in [-0.25, -0.2) is 0 Å². The topological polar surface area (TPSA) is 74.6 Å². The third-order valence-electron chi connectivity index (χ3n) is 6.67. The minimum atomic E-state index is -0.787. The van der Waals surface area contributed by atoms with Crippen LogP contribution in [0.5, 0.6) is 0 Å². The lowest BCUT2D eigenvalue weighted by Gasteiger charge is -2.39. The molecule has 3 rings (SSSR count). The quantitative estimate of drug-likeness (QED) is 0.827. The molecule has 4 unspecified atom stereocenters. The summed E-state index contributed by atoms with van der Waals surface area (Å²) in [6.45, 7) is 0. The Morgan fingerprint density at radius 2 is 0.958 bits per heavy atom. The van der Waals surface area contributed by atoms with Crippen LogP contribution in [0.2, 0.25) is 0 Å². The van der Waals surface area contributed by atoms with E-state index in [1.54, 1.807) is 0 Å². The molecule has 0 radical (unpaired) electrons. The Kier molecular flexibility index (Phi) is 6.09. The Morgan fingerprint density at radius 3 is 1.33 bits per heavy atom. The summed E-state index contributed by atoms with van der Waals surface area (Å²) >= 11 is 0. The maximum atomic E-state index is 12.9. The third-order valence-corrected chi connectivity index (χ3v) is 6.67. The lowest BCUT2D eigenvalue weighted by Crippen LogP contribution is -2.47. The van der Waals surface area contributed by atoms with Crippen LogP contribution in [0.3, 0.4) is 0 Å². The summed E-state index contributed by atoms with van der Waals surface area (Å²) in [6, 6.07) is 0. The molecular formula is C20H32O4. The van der Waals surface area contributed by atoms with E-state index >= 15 is 0 Å². The Balaban J connectivity index is 1.67. The summed E-state index contributed by atoms with van der Waals surface area (Å²) < 4.78 is 0. The predicted octanol–water partition coefficient (Wildman–Crippen LogP) is 3.03. The van der Waals surface area contributed by atoms with E-state index in [1.165, 1.54) is 12.8 Å². The smallest absolute Gasteiger partial charge is 0.141 e. The van der Waals surface area contributed by atoms with E-state index < -0.39 is 24.0 Å². The van der Waals surface area contributed by atoms with Crippen molar-refractivity contribution in [1.29, 1.82) is 0 Å². The van der Waals surface area contributed by atoms with Gasteiger partial charge in [0.2, 0.25) is 0 Å². The molecule has 3 fully saturated rings. The van der Waals surface area contributed by atoms with Crippen molar-refractivity contribution in [1.82, 2.24) is 0 Å². The van der Waals surface area contributed by atoms with Crippen molar-refractivity contribution >= 4 is 11.6 Å². The standard InChI is InChI=1S/C20H32O4/c21-17-12-18(22)16(20(24)14-9-5-2-6-10-14)11-15(17)19(23)13-7-3-1-4-8-13/h13-18,21-22H,1-12H2. The van der Waals surface area contributed by atoms with Gasteiger partial charge in [0.25, 0.3) is 0 Å². The number of hydrogen-bond acceptors (Lipinski definition) is 4. The number of carbonyl (C=O) groups is 2. The van der Waals surface area contributed by atoms with Crippen molar-refractivity contribution in [2.75, 3.05) is 0 Å². The average Bonchev–Trinajstić information content (AvgIpc) is 2.62. The second kappa shape index (κ2) is 8.09. The van der Waals surface area contributed by atoms with E-state index in [2.05, 4.69) is 0 Å². The molecule has 0 aromatic heterocycles. The molecule has 0 amide bonds. The number of ketones is 2. The number of carbonyl (C=O) groups excluding carboxylic acids is 2. The van der Waals surface area contributed by atoms with Gasteiger partial charge in [0.1, 0.15) is 11.6 Å². The number of aliphatic hydroxyl groups is 2. The lowest BCUT2D eigenvalue weighted by molar-refractivity contribution is -0.144. The summed E-state index contributed by atoms with van der Waals surface area (Å²) in [6.07, 6.45) is 9.39. The second-order valence-electron chi connectivity index (χ2n) is 8.29. The molecule has 0 aromatic carbocycles. The van der Waals surface area contributed by atoms with Gasteiger partial charge >= 0.3 is 0 Å².